The highest BCUT2D eigenvalue weighted by molar-refractivity contribution is 5.88. The summed E-state index contributed by atoms with van der Waals surface area (Å²) in [6, 6.07) is 0. The van der Waals surface area contributed by atoms with Crippen LogP contribution < -0.4 is 10.9 Å². The van der Waals surface area contributed by atoms with Gasteiger partial charge in [0.2, 0.25) is 0 Å². The fourth-order valence-electron chi connectivity index (χ4n) is 2.00. The second-order valence-electron chi connectivity index (χ2n) is 3.70. The number of piperidine rings is 1. The molecule has 0 spiro atoms. The van der Waals surface area contributed by atoms with E-state index in [0.717, 1.165) is 25.9 Å². The maximum atomic E-state index is 11.2. The SMILES string of the molecule is O=C(O)c1c(C2CCNCC2)[nH][nH]c1=O. The number of aromatic nitrogens is 2. The molecule has 0 saturated carbocycles. The molecule has 82 valence electrons. The smallest absolute Gasteiger partial charge is 0.343 e. The predicted molar refractivity (Wildman–Crippen MR) is 53.2 cm³/mol. The summed E-state index contributed by atoms with van der Waals surface area (Å²) in [6.07, 6.45) is 1.71. The Morgan fingerprint density at radius 2 is 1.93 bits per heavy atom. The summed E-state index contributed by atoms with van der Waals surface area (Å²) in [4.78, 5) is 22.1. The molecule has 1 saturated heterocycles. The molecule has 0 unspecified atom stereocenters. The van der Waals surface area contributed by atoms with Crippen molar-refractivity contribution in [3.63, 3.8) is 0 Å². The van der Waals surface area contributed by atoms with Gasteiger partial charge in [0.15, 0.2) is 0 Å². The molecule has 15 heavy (non-hydrogen) atoms. The van der Waals surface area contributed by atoms with E-state index >= 15 is 0 Å². The lowest BCUT2D eigenvalue weighted by Crippen LogP contribution is -2.28. The van der Waals surface area contributed by atoms with Gasteiger partial charge < -0.3 is 15.5 Å². The molecule has 0 aromatic carbocycles. The number of carboxylic acids is 1. The molecule has 0 atom stereocenters. The number of carbonyl (C=O) groups is 1. The first-order chi connectivity index (χ1) is 7.20. The quantitative estimate of drug-likeness (QED) is 0.547. The fraction of sp³-hybridized carbons (Fsp3) is 0.556. The van der Waals surface area contributed by atoms with E-state index < -0.39 is 11.5 Å². The van der Waals surface area contributed by atoms with E-state index in [-0.39, 0.29) is 11.5 Å². The highest BCUT2D eigenvalue weighted by Gasteiger charge is 2.25. The minimum atomic E-state index is -1.16. The minimum Gasteiger partial charge on any atom is -0.477 e. The van der Waals surface area contributed by atoms with Gasteiger partial charge in [0.25, 0.3) is 5.56 Å². The van der Waals surface area contributed by atoms with Crippen molar-refractivity contribution in [3.8, 4) is 0 Å². The number of carboxylic acid groups (broad SMARTS) is 1. The van der Waals surface area contributed by atoms with Crippen LogP contribution in [0.1, 0.15) is 34.8 Å². The summed E-state index contributed by atoms with van der Waals surface area (Å²) in [7, 11) is 0. The molecule has 1 aliphatic rings. The molecule has 1 fully saturated rings. The summed E-state index contributed by atoms with van der Waals surface area (Å²) < 4.78 is 0. The van der Waals surface area contributed by atoms with Crippen molar-refractivity contribution < 1.29 is 9.90 Å². The van der Waals surface area contributed by atoms with Crippen LogP contribution in [-0.4, -0.2) is 34.4 Å². The maximum absolute atomic E-state index is 11.2. The van der Waals surface area contributed by atoms with Crippen molar-refractivity contribution in [1.29, 1.82) is 0 Å². The minimum absolute atomic E-state index is 0.135. The summed E-state index contributed by atoms with van der Waals surface area (Å²) in [5, 5.41) is 17.1. The predicted octanol–water partition coefficient (Wildman–Crippen LogP) is -0.132. The number of nitrogens with one attached hydrogen (secondary N) is 3. The third-order valence-electron chi connectivity index (χ3n) is 2.77. The lowest BCUT2D eigenvalue weighted by molar-refractivity contribution is 0.0693. The molecule has 0 radical (unpaired) electrons. The second kappa shape index (κ2) is 3.90. The van der Waals surface area contributed by atoms with Crippen molar-refractivity contribution in [3.05, 3.63) is 21.6 Å². The highest BCUT2D eigenvalue weighted by atomic mass is 16.4. The van der Waals surface area contributed by atoms with Gasteiger partial charge in [0.05, 0.1) is 5.69 Å². The molecule has 2 heterocycles. The van der Waals surface area contributed by atoms with Gasteiger partial charge >= 0.3 is 5.97 Å². The number of hydrogen-bond acceptors (Lipinski definition) is 3. The molecule has 6 nitrogen and oxygen atoms in total. The highest BCUT2D eigenvalue weighted by Crippen LogP contribution is 2.24. The zero-order valence-corrected chi connectivity index (χ0v) is 8.17. The fourth-order valence-corrected chi connectivity index (χ4v) is 2.00. The third kappa shape index (κ3) is 1.80. The lowest BCUT2D eigenvalue weighted by atomic mass is 9.92. The zero-order valence-electron chi connectivity index (χ0n) is 8.17. The van der Waals surface area contributed by atoms with Crippen LogP contribution in [0.25, 0.3) is 0 Å². The lowest BCUT2D eigenvalue weighted by Gasteiger charge is -2.21. The Balaban J connectivity index is 2.34. The number of aromatic carboxylic acids is 1. The molecule has 0 amide bonds. The van der Waals surface area contributed by atoms with E-state index in [9.17, 15) is 9.59 Å². The Hall–Kier alpha value is -1.56. The van der Waals surface area contributed by atoms with Gasteiger partial charge in [-0.3, -0.25) is 9.89 Å². The summed E-state index contributed by atoms with van der Waals surface area (Å²) in [5.41, 5.74) is -0.146. The molecule has 4 N–H and O–H groups in total. The first-order valence-electron chi connectivity index (χ1n) is 4.94. The van der Waals surface area contributed by atoms with Crippen LogP contribution in [0.4, 0.5) is 0 Å². The van der Waals surface area contributed by atoms with Crippen LogP contribution in [-0.2, 0) is 0 Å². The molecule has 1 aromatic heterocycles. The maximum Gasteiger partial charge on any atom is 0.343 e. The van der Waals surface area contributed by atoms with E-state index in [4.69, 9.17) is 5.11 Å². The summed E-state index contributed by atoms with van der Waals surface area (Å²) in [6.45, 7) is 1.72. The molecule has 1 aliphatic heterocycles. The second-order valence-corrected chi connectivity index (χ2v) is 3.70. The molecule has 0 aliphatic carbocycles. The summed E-state index contributed by atoms with van der Waals surface area (Å²) in [5.74, 6) is -1.03. The average Bonchev–Trinajstić information content (AvgIpc) is 2.61. The standard InChI is InChI=1S/C9H13N3O3/c13-8-6(9(14)15)7(11-12-8)5-1-3-10-4-2-5/h5,10H,1-4H2,(H,14,15)(H2,11,12,13). The van der Waals surface area contributed by atoms with E-state index in [1.54, 1.807) is 0 Å². The number of aromatic amines is 2. The zero-order chi connectivity index (χ0) is 10.8. The first kappa shape index (κ1) is 9.97. The van der Waals surface area contributed by atoms with E-state index in [0.29, 0.717) is 5.69 Å². The molecular formula is C9H13N3O3. The monoisotopic (exact) mass is 211 g/mol. The van der Waals surface area contributed by atoms with E-state index in [1.807, 2.05) is 0 Å². The van der Waals surface area contributed by atoms with Crippen LogP contribution in [0, 0.1) is 0 Å². The Labute approximate surface area is 85.7 Å². The topological polar surface area (TPSA) is 98.0 Å². The molecule has 1 aromatic rings. The van der Waals surface area contributed by atoms with E-state index in [1.165, 1.54) is 0 Å². The van der Waals surface area contributed by atoms with Crippen molar-refractivity contribution in [2.24, 2.45) is 0 Å². The van der Waals surface area contributed by atoms with Crippen LogP contribution in [0.5, 0.6) is 0 Å². The van der Waals surface area contributed by atoms with Crippen molar-refractivity contribution >= 4 is 5.97 Å². The van der Waals surface area contributed by atoms with Gasteiger partial charge in [-0.1, -0.05) is 0 Å². The molecule has 2 rings (SSSR count). The van der Waals surface area contributed by atoms with Crippen LogP contribution in [0.3, 0.4) is 0 Å². The normalized spacial score (nSPS) is 17.9. The number of H-pyrrole nitrogens is 2. The van der Waals surface area contributed by atoms with Crippen molar-refractivity contribution in [2.45, 2.75) is 18.8 Å². The summed E-state index contributed by atoms with van der Waals surface area (Å²) >= 11 is 0. The Morgan fingerprint density at radius 1 is 1.27 bits per heavy atom. The molecule has 0 bridgehead atoms. The van der Waals surface area contributed by atoms with Gasteiger partial charge in [-0.15, -0.1) is 0 Å². The molecule has 6 heteroatoms. The van der Waals surface area contributed by atoms with Gasteiger partial charge in [0, 0.05) is 5.92 Å². The van der Waals surface area contributed by atoms with Crippen LogP contribution in [0.2, 0.25) is 0 Å². The van der Waals surface area contributed by atoms with Gasteiger partial charge in [-0.25, -0.2) is 4.79 Å². The van der Waals surface area contributed by atoms with Crippen molar-refractivity contribution in [2.75, 3.05) is 13.1 Å². The third-order valence-corrected chi connectivity index (χ3v) is 2.77. The Kier molecular flexibility index (Phi) is 2.59. The van der Waals surface area contributed by atoms with Gasteiger partial charge in [-0.2, -0.15) is 0 Å². The number of hydrogen-bond donors (Lipinski definition) is 4. The number of rotatable bonds is 2. The van der Waals surface area contributed by atoms with Crippen LogP contribution in [0.15, 0.2) is 4.79 Å². The first-order valence-corrected chi connectivity index (χ1v) is 4.94. The van der Waals surface area contributed by atoms with E-state index in [2.05, 4.69) is 15.5 Å². The Morgan fingerprint density at radius 3 is 2.53 bits per heavy atom. The average molecular weight is 211 g/mol. The van der Waals surface area contributed by atoms with Crippen LogP contribution >= 0.6 is 0 Å². The van der Waals surface area contributed by atoms with Crippen molar-refractivity contribution in [1.82, 2.24) is 15.5 Å². The van der Waals surface area contributed by atoms with Gasteiger partial charge in [-0.05, 0) is 25.9 Å². The molecular weight excluding hydrogens is 198 g/mol. The largest absolute Gasteiger partial charge is 0.477 e. The Bertz CT molecular complexity index is 414. The van der Waals surface area contributed by atoms with Gasteiger partial charge in [0.1, 0.15) is 5.56 Å².